The summed E-state index contributed by atoms with van der Waals surface area (Å²) in [5.74, 6) is 0. The number of anilines is 2. The van der Waals surface area contributed by atoms with Crippen molar-refractivity contribution in [1.29, 1.82) is 0 Å². The maximum absolute atomic E-state index is 5.42. The second-order valence-electron chi connectivity index (χ2n) is 6.12. The van der Waals surface area contributed by atoms with Crippen molar-refractivity contribution in [2.75, 3.05) is 29.9 Å². The molecule has 3 nitrogen and oxygen atoms in total. The zero-order chi connectivity index (χ0) is 17.5. The van der Waals surface area contributed by atoms with Gasteiger partial charge in [-0.25, -0.2) is 0 Å². The van der Waals surface area contributed by atoms with Gasteiger partial charge < -0.3 is 15.5 Å². The molecule has 0 aliphatic heterocycles. The van der Waals surface area contributed by atoms with Gasteiger partial charge in [0.25, 0.3) is 0 Å². The first-order chi connectivity index (χ1) is 11.5. The molecule has 0 unspecified atom stereocenters. The highest BCUT2D eigenvalue weighted by molar-refractivity contribution is 7.80. The van der Waals surface area contributed by atoms with Gasteiger partial charge in [0.15, 0.2) is 5.11 Å². The summed E-state index contributed by atoms with van der Waals surface area (Å²) in [5, 5.41) is 7.27. The first-order valence-electron chi connectivity index (χ1n) is 8.43. The summed E-state index contributed by atoms with van der Waals surface area (Å²) in [5.41, 5.74) is 6.03. The van der Waals surface area contributed by atoms with Crippen molar-refractivity contribution in [1.82, 2.24) is 5.32 Å². The molecule has 0 atom stereocenters. The van der Waals surface area contributed by atoms with Gasteiger partial charge in [-0.3, -0.25) is 0 Å². The molecular weight excluding hydrogens is 314 g/mol. The predicted octanol–water partition coefficient (Wildman–Crippen LogP) is 4.42. The fourth-order valence-electron chi connectivity index (χ4n) is 2.64. The van der Waals surface area contributed by atoms with Gasteiger partial charge in [-0.05, 0) is 74.8 Å². The number of nitrogens with one attached hydrogen (secondary N) is 2. The van der Waals surface area contributed by atoms with Crippen LogP contribution in [0.2, 0.25) is 0 Å². The molecule has 0 bridgehead atoms. The van der Waals surface area contributed by atoms with Gasteiger partial charge >= 0.3 is 0 Å². The number of nitrogens with zero attached hydrogens (tertiary/aromatic N) is 1. The first kappa shape index (κ1) is 18.3. The monoisotopic (exact) mass is 341 g/mol. The zero-order valence-electron chi connectivity index (χ0n) is 15.0. The lowest BCUT2D eigenvalue weighted by atomic mass is 10.1. The lowest BCUT2D eigenvalue weighted by Crippen LogP contribution is -2.37. The molecule has 24 heavy (non-hydrogen) atoms. The standard InChI is InChI=1S/C20H27N3S/c1-5-23(18-8-6-7-15(2)13-18)12-11-21-20(24)22-19-14-16(3)9-10-17(19)4/h6-10,13-14H,5,11-12H2,1-4H3,(H2,21,22,24). The SMILES string of the molecule is CCN(CCNC(=S)Nc1cc(C)ccc1C)c1cccc(C)c1. The van der Waals surface area contributed by atoms with E-state index in [4.69, 9.17) is 12.2 Å². The molecule has 2 aromatic rings. The third-order valence-electron chi connectivity index (χ3n) is 4.06. The quantitative estimate of drug-likeness (QED) is 0.760. The fraction of sp³-hybridized carbons (Fsp3) is 0.350. The maximum Gasteiger partial charge on any atom is 0.170 e. The molecule has 0 saturated carbocycles. The molecule has 0 aliphatic carbocycles. The molecular formula is C20H27N3S. The Hall–Kier alpha value is -2.07. The van der Waals surface area contributed by atoms with Crippen LogP contribution in [0.3, 0.4) is 0 Å². The van der Waals surface area contributed by atoms with E-state index < -0.39 is 0 Å². The van der Waals surface area contributed by atoms with E-state index in [-0.39, 0.29) is 0 Å². The van der Waals surface area contributed by atoms with Crippen molar-refractivity contribution >= 4 is 28.7 Å². The van der Waals surface area contributed by atoms with E-state index in [0.717, 1.165) is 25.3 Å². The van der Waals surface area contributed by atoms with Gasteiger partial charge in [-0.2, -0.15) is 0 Å². The van der Waals surface area contributed by atoms with Gasteiger partial charge in [-0.1, -0.05) is 24.3 Å². The van der Waals surface area contributed by atoms with Crippen LogP contribution in [0, 0.1) is 20.8 Å². The molecule has 4 heteroatoms. The Morgan fingerprint density at radius 3 is 2.50 bits per heavy atom. The third kappa shape index (κ3) is 5.24. The van der Waals surface area contributed by atoms with E-state index in [1.54, 1.807) is 0 Å². The fourth-order valence-corrected chi connectivity index (χ4v) is 2.85. The van der Waals surface area contributed by atoms with Gasteiger partial charge in [-0.15, -0.1) is 0 Å². The Morgan fingerprint density at radius 1 is 1.04 bits per heavy atom. The second-order valence-corrected chi connectivity index (χ2v) is 6.53. The molecule has 0 aromatic heterocycles. The number of likely N-dealkylation sites (N-methyl/N-ethyl adjacent to an activating group) is 1. The number of rotatable bonds is 6. The summed E-state index contributed by atoms with van der Waals surface area (Å²) in [7, 11) is 0. The summed E-state index contributed by atoms with van der Waals surface area (Å²) < 4.78 is 0. The second kappa shape index (κ2) is 8.69. The zero-order valence-corrected chi connectivity index (χ0v) is 15.8. The van der Waals surface area contributed by atoms with E-state index >= 15 is 0 Å². The Balaban J connectivity index is 1.86. The average Bonchev–Trinajstić information content (AvgIpc) is 2.55. The molecule has 0 heterocycles. The minimum absolute atomic E-state index is 0.670. The van der Waals surface area contributed by atoms with Crippen LogP contribution in [-0.2, 0) is 0 Å². The van der Waals surface area contributed by atoms with E-state index in [1.165, 1.54) is 22.4 Å². The Bertz CT molecular complexity index is 697. The minimum Gasteiger partial charge on any atom is -0.370 e. The molecule has 0 amide bonds. The van der Waals surface area contributed by atoms with E-state index in [2.05, 4.69) is 85.7 Å². The number of hydrogen-bond donors (Lipinski definition) is 2. The van der Waals surface area contributed by atoms with Crippen molar-refractivity contribution in [3.8, 4) is 0 Å². The van der Waals surface area contributed by atoms with Crippen molar-refractivity contribution in [2.45, 2.75) is 27.7 Å². The van der Waals surface area contributed by atoms with Crippen LogP contribution >= 0.6 is 12.2 Å². The Morgan fingerprint density at radius 2 is 1.79 bits per heavy atom. The Kier molecular flexibility index (Phi) is 6.62. The lowest BCUT2D eigenvalue weighted by molar-refractivity contribution is 0.779. The van der Waals surface area contributed by atoms with Crippen LogP contribution in [0.15, 0.2) is 42.5 Å². The maximum atomic E-state index is 5.42. The van der Waals surface area contributed by atoms with Crippen LogP contribution in [0.4, 0.5) is 11.4 Å². The molecule has 0 aliphatic rings. The highest BCUT2D eigenvalue weighted by Gasteiger charge is 2.05. The molecule has 128 valence electrons. The molecule has 2 aromatic carbocycles. The number of thiocarbonyl (C=S) groups is 1. The molecule has 0 spiro atoms. The van der Waals surface area contributed by atoms with Crippen molar-refractivity contribution in [2.24, 2.45) is 0 Å². The van der Waals surface area contributed by atoms with E-state index in [9.17, 15) is 0 Å². The summed E-state index contributed by atoms with van der Waals surface area (Å²) in [6.07, 6.45) is 0. The topological polar surface area (TPSA) is 27.3 Å². The third-order valence-corrected chi connectivity index (χ3v) is 4.30. The van der Waals surface area contributed by atoms with Crippen molar-refractivity contribution in [3.63, 3.8) is 0 Å². The summed E-state index contributed by atoms with van der Waals surface area (Å²) in [4.78, 5) is 2.35. The number of aryl methyl sites for hydroxylation is 3. The molecule has 2 N–H and O–H groups in total. The first-order valence-corrected chi connectivity index (χ1v) is 8.84. The summed E-state index contributed by atoms with van der Waals surface area (Å²) in [6.45, 7) is 11.2. The van der Waals surface area contributed by atoms with Gasteiger partial charge in [0.1, 0.15) is 0 Å². The van der Waals surface area contributed by atoms with Crippen LogP contribution in [0.5, 0.6) is 0 Å². The normalized spacial score (nSPS) is 10.3. The summed E-state index contributed by atoms with van der Waals surface area (Å²) >= 11 is 5.42. The highest BCUT2D eigenvalue weighted by Crippen LogP contribution is 2.16. The minimum atomic E-state index is 0.670. The lowest BCUT2D eigenvalue weighted by Gasteiger charge is -2.24. The highest BCUT2D eigenvalue weighted by atomic mass is 32.1. The van der Waals surface area contributed by atoms with Crippen molar-refractivity contribution < 1.29 is 0 Å². The van der Waals surface area contributed by atoms with Gasteiger partial charge in [0.2, 0.25) is 0 Å². The Labute approximate surface area is 151 Å². The average molecular weight is 342 g/mol. The molecule has 0 radical (unpaired) electrons. The van der Waals surface area contributed by atoms with Crippen LogP contribution in [0.25, 0.3) is 0 Å². The predicted molar refractivity (Wildman–Crippen MR) is 109 cm³/mol. The van der Waals surface area contributed by atoms with Gasteiger partial charge in [0.05, 0.1) is 0 Å². The molecule has 0 fully saturated rings. The van der Waals surface area contributed by atoms with Gasteiger partial charge in [0, 0.05) is 31.0 Å². The number of hydrogen-bond acceptors (Lipinski definition) is 2. The van der Waals surface area contributed by atoms with E-state index in [0.29, 0.717) is 5.11 Å². The van der Waals surface area contributed by atoms with Crippen LogP contribution < -0.4 is 15.5 Å². The van der Waals surface area contributed by atoms with Crippen LogP contribution in [0.1, 0.15) is 23.6 Å². The largest absolute Gasteiger partial charge is 0.370 e. The molecule has 2 rings (SSSR count). The van der Waals surface area contributed by atoms with Crippen molar-refractivity contribution in [3.05, 3.63) is 59.2 Å². The number of benzene rings is 2. The van der Waals surface area contributed by atoms with E-state index in [1.807, 2.05) is 0 Å². The summed E-state index contributed by atoms with van der Waals surface area (Å²) in [6, 6.07) is 14.9. The van der Waals surface area contributed by atoms with Crippen LogP contribution in [-0.4, -0.2) is 24.7 Å². The smallest absolute Gasteiger partial charge is 0.170 e. The molecule has 0 saturated heterocycles.